The Labute approximate surface area is 109 Å². The average Bonchev–Trinajstić information content (AvgIpc) is 2.40. The molecule has 1 aliphatic rings. The lowest BCUT2D eigenvalue weighted by Gasteiger charge is -2.19. The number of nitrogens with one attached hydrogen (secondary N) is 1. The number of hydrogen-bond donors (Lipinski definition) is 2. The maximum absolute atomic E-state index is 13.9. The summed E-state index contributed by atoms with van der Waals surface area (Å²) in [5.74, 6) is 0.111. The Bertz CT molecular complexity index is 670. The highest BCUT2D eigenvalue weighted by atomic mass is 19.1. The number of amides is 1. The molecule has 19 heavy (non-hydrogen) atoms. The number of nitrogens with zero attached hydrogens (tertiary/aromatic N) is 1. The van der Waals surface area contributed by atoms with Gasteiger partial charge >= 0.3 is 0 Å². The first-order valence-corrected chi connectivity index (χ1v) is 5.98. The first kappa shape index (κ1) is 11.6. The zero-order valence-electron chi connectivity index (χ0n) is 10.1. The van der Waals surface area contributed by atoms with Crippen LogP contribution in [0.25, 0.3) is 11.1 Å². The molecule has 2 heterocycles. The van der Waals surface area contributed by atoms with E-state index in [0.29, 0.717) is 29.9 Å². The summed E-state index contributed by atoms with van der Waals surface area (Å²) in [4.78, 5) is 15.5. The molecule has 0 bridgehead atoms. The SMILES string of the molecule is Nc1ccc(F)c(-c2ccnc3c2CCC(=O)N3)c1. The van der Waals surface area contributed by atoms with Gasteiger partial charge in [0.1, 0.15) is 11.6 Å². The van der Waals surface area contributed by atoms with Crippen molar-refractivity contribution in [1.82, 2.24) is 4.98 Å². The van der Waals surface area contributed by atoms with Crippen molar-refractivity contribution in [3.8, 4) is 11.1 Å². The van der Waals surface area contributed by atoms with Gasteiger partial charge < -0.3 is 11.1 Å². The van der Waals surface area contributed by atoms with Gasteiger partial charge in [-0.25, -0.2) is 9.37 Å². The van der Waals surface area contributed by atoms with Crippen molar-refractivity contribution in [2.75, 3.05) is 11.1 Å². The molecule has 3 N–H and O–H groups in total. The second-order valence-corrected chi connectivity index (χ2v) is 4.47. The first-order valence-electron chi connectivity index (χ1n) is 5.98. The van der Waals surface area contributed by atoms with Crippen LogP contribution >= 0.6 is 0 Å². The fourth-order valence-electron chi connectivity index (χ4n) is 2.29. The molecule has 5 heteroatoms. The van der Waals surface area contributed by atoms with Crippen LogP contribution in [0, 0.1) is 5.82 Å². The third kappa shape index (κ3) is 2.03. The van der Waals surface area contributed by atoms with E-state index < -0.39 is 0 Å². The molecule has 3 rings (SSSR count). The van der Waals surface area contributed by atoms with E-state index in [1.165, 1.54) is 12.1 Å². The number of carbonyl (C=O) groups is 1. The predicted molar refractivity (Wildman–Crippen MR) is 71.0 cm³/mol. The van der Waals surface area contributed by atoms with Crippen LogP contribution in [0.3, 0.4) is 0 Å². The first-order chi connectivity index (χ1) is 9.15. The highest BCUT2D eigenvalue weighted by Gasteiger charge is 2.20. The molecule has 96 valence electrons. The molecule has 0 radical (unpaired) electrons. The minimum Gasteiger partial charge on any atom is -0.399 e. The molecule has 4 nitrogen and oxygen atoms in total. The van der Waals surface area contributed by atoms with Crippen LogP contribution in [0.15, 0.2) is 30.5 Å². The zero-order valence-corrected chi connectivity index (χ0v) is 10.1. The van der Waals surface area contributed by atoms with Crippen molar-refractivity contribution in [1.29, 1.82) is 0 Å². The summed E-state index contributed by atoms with van der Waals surface area (Å²) in [5, 5.41) is 2.70. The number of hydrogen-bond acceptors (Lipinski definition) is 3. The van der Waals surface area contributed by atoms with E-state index in [0.717, 1.165) is 11.1 Å². The molecule has 1 amide bonds. The number of nitrogens with two attached hydrogens (primary N) is 1. The minimum absolute atomic E-state index is 0.0646. The van der Waals surface area contributed by atoms with Gasteiger partial charge in [0.15, 0.2) is 0 Å². The maximum atomic E-state index is 13.9. The number of halogens is 1. The third-order valence-electron chi connectivity index (χ3n) is 3.20. The Morgan fingerprint density at radius 2 is 2.05 bits per heavy atom. The maximum Gasteiger partial charge on any atom is 0.225 e. The van der Waals surface area contributed by atoms with Crippen LogP contribution in [0.2, 0.25) is 0 Å². The highest BCUT2D eigenvalue weighted by Crippen LogP contribution is 2.33. The second-order valence-electron chi connectivity index (χ2n) is 4.47. The van der Waals surface area contributed by atoms with Crippen molar-refractivity contribution in [3.05, 3.63) is 41.8 Å². The summed E-state index contributed by atoms with van der Waals surface area (Å²) < 4.78 is 13.9. The quantitative estimate of drug-likeness (QED) is 0.770. The number of fused-ring (bicyclic) bond motifs is 1. The number of carbonyl (C=O) groups excluding carboxylic acids is 1. The lowest BCUT2D eigenvalue weighted by molar-refractivity contribution is -0.116. The van der Waals surface area contributed by atoms with Gasteiger partial charge in [0, 0.05) is 29.4 Å². The number of nitrogen functional groups attached to an aromatic ring is 1. The Morgan fingerprint density at radius 3 is 2.89 bits per heavy atom. The van der Waals surface area contributed by atoms with Crippen LogP contribution in [-0.4, -0.2) is 10.9 Å². The van der Waals surface area contributed by atoms with Crippen LogP contribution in [0.4, 0.5) is 15.9 Å². The van der Waals surface area contributed by atoms with Gasteiger partial charge in [0.2, 0.25) is 5.91 Å². The van der Waals surface area contributed by atoms with Gasteiger partial charge in [-0.15, -0.1) is 0 Å². The van der Waals surface area contributed by atoms with Gasteiger partial charge in [-0.2, -0.15) is 0 Å². The van der Waals surface area contributed by atoms with Crippen LogP contribution < -0.4 is 11.1 Å². The van der Waals surface area contributed by atoms with E-state index in [1.807, 2.05) is 0 Å². The van der Waals surface area contributed by atoms with Crippen molar-refractivity contribution in [2.24, 2.45) is 0 Å². The third-order valence-corrected chi connectivity index (χ3v) is 3.20. The predicted octanol–water partition coefficient (Wildman–Crippen LogP) is 2.35. The van der Waals surface area contributed by atoms with Gasteiger partial charge in [-0.1, -0.05) is 0 Å². The van der Waals surface area contributed by atoms with E-state index in [2.05, 4.69) is 10.3 Å². The summed E-state index contributed by atoms with van der Waals surface area (Å²) in [5.41, 5.74) is 8.24. The van der Waals surface area contributed by atoms with Gasteiger partial charge in [-0.05, 0) is 36.2 Å². The Kier molecular flexibility index (Phi) is 2.67. The van der Waals surface area contributed by atoms with Crippen molar-refractivity contribution in [2.45, 2.75) is 12.8 Å². The van der Waals surface area contributed by atoms with Crippen LogP contribution in [0.1, 0.15) is 12.0 Å². The molecule has 1 aromatic carbocycles. The Balaban J connectivity index is 2.18. The zero-order chi connectivity index (χ0) is 13.4. The van der Waals surface area contributed by atoms with Crippen molar-refractivity contribution in [3.63, 3.8) is 0 Å². The molecule has 2 aromatic rings. The molecule has 0 fully saturated rings. The molecular formula is C14H12FN3O. The Hall–Kier alpha value is -2.43. The number of pyridine rings is 1. The molecule has 0 saturated heterocycles. The highest BCUT2D eigenvalue weighted by molar-refractivity contribution is 5.94. The lowest BCUT2D eigenvalue weighted by atomic mass is 9.95. The molecule has 0 saturated carbocycles. The molecular weight excluding hydrogens is 245 g/mol. The molecule has 1 aliphatic heterocycles. The fraction of sp³-hybridized carbons (Fsp3) is 0.143. The smallest absolute Gasteiger partial charge is 0.225 e. The largest absolute Gasteiger partial charge is 0.399 e. The summed E-state index contributed by atoms with van der Waals surface area (Å²) in [6.45, 7) is 0. The minimum atomic E-state index is -0.334. The van der Waals surface area contributed by atoms with E-state index in [9.17, 15) is 9.18 Å². The van der Waals surface area contributed by atoms with E-state index in [4.69, 9.17) is 5.73 Å². The summed E-state index contributed by atoms with van der Waals surface area (Å²) in [7, 11) is 0. The number of anilines is 2. The lowest BCUT2D eigenvalue weighted by Crippen LogP contribution is -2.20. The fourth-order valence-corrected chi connectivity index (χ4v) is 2.29. The normalized spacial score (nSPS) is 13.8. The topological polar surface area (TPSA) is 68.0 Å². The monoisotopic (exact) mass is 257 g/mol. The van der Waals surface area contributed by atoms with Gasteiger partial charge in [-0.3, -0.25) is 4.79 Å². The number of rotatable bonds is 1. The van der Waals surface area contributed by atoms with Crippen molar-refractivity contribution < 1.29 is 9.18 Å². The van der Waals surface area contributed by atoms with E-state index >= 15 is 0 Å². The standard InChI is InChI=1S/C14H12FN3O/c15-12-3-1-8(16)7-11(12)9-5-6-17-14-10(9)2-4-13(19)18-14/h1,3,5-7H,2,4,16H2,(H,17,18,19). The van der Waals surface area contributed by atoms with Gasteiger partial charge in [0.25, 0.3) is 0 Å². The molecule has 1 aromatic heterocycles. The molecule has 0 spiro atoms. The van der Waals surface area contributed by atoms with Crippen LogP contribution in [-0.2, 0) is 11.2 Å². The molecule has 0 unspecified atom stereocenters. The molecule has 0 atom stereocenters. The summed E-state index contributed by atoms with van der Waals surface area (Å²) >= 11 is 0. The molecule has 0 aliphatic carbocycles. The van der Waals surface area contributed by atoms with E-state index in [1.54, 1.807) is 18.3 Å². The average molecular weight is 257 g/mol. The number of benzene rings is 1. The Morgan fingerprint density at radius 1 is 1.21 bits per heavy atom. The van der Waals surface area contributed by atoms with Crippen LogP contribution in [0.5, 0.6) is 0 Å². The summed E-state index contributed by atoms with van der Waals surface area (Å²) in [6, 6.07) is 6.21. The second kappa shape index (κ2) is 4.35. The van der Waals surface area contributed by atoms with E-state index in [-0.39, 0.29) is 11.7 Å². The van der Waals surface area contributed by atoms with Gasteiger partial charge in [0.05, 0.1) is 0 Å². The van der Waals surface area contributed by atoms with Crippen molar-refractivity contribution >= 4 is 17.4 Å². The summed E-state index contributed by atoms with van der Waals surface area (Å²) in [6.07, 6.45) is 2.50. The number of aromatic nitrogens is 1.